The molecule has 0 aromatic carbocycles. The number of nitrogens with two attached hydrogens (primary N) is 1. The molecule has 1 aliphatic rings. The number of hydrogen-bond acceptors (Lipinski definition) is 3. The molecular weight excluding hydrogens is 190 g/mol. The fourth-order valence-electron chi connectivity index (χ4n) is 1.40. The van der Waals surface area contributed by atoms with Gasteiger partial charge in [-0.05, 0) is 19.9 Å². The zero-order valence-corrected chi connectivity index (χ0v) is 9.20. The third-order valence-corrected chi connectivity index (χ3v) is 2.61. The molecule has 84 valence electrons. The Balaban J connectivity index is 2.08. The highest BCUT2D eigenvalue weighted by atomic mass is 16.2. The van der Waals surface area contributed by atoms with E-state index in [-0.39, 0.29) is 5.91 Å². The molecule has 0 heterocycles. The van der Waals surface area contributed by atoms with Gasteiger partial charge in [-0.1, -0.05) is 0 Å². The smallest absolute Gasteiger partial charge is 0.237 e. The minimum Gasteiger partial charge on any atom is -0.353 e. The quantitative estimate of drug-likeness (QED) is 0.582. The average molecular weight is 209 g/mol. The zero-order valence-electron chi connectivity index (χ0n) is 9.20. The predicted octanol–water partition coefficient (Wildman–Crippen LogP) is -0.453. The van der Waals surface area contributed by atoms with Crippen molar-refractivity contribution in [3.63, 3.8) is 0 Å². The first kappa shape index (κ1) is 12.0. The van der Waals surface area contributed by atoms with Crippen molar-refractivity contribution in [1.29, 1.82) is 0 Å². The van der Waals surface area contributed by atoms with E-state index in [9.17, 15) is 4.79 Å². The minimum atomic E-state index is -0.568. The van der Waals surface area contributed by atoms with Crippen LogP contribution in [0.5, 0.6) is 0 Å². The third kappa shape index (κ3) is 4.32. The average Bonchev–Trinajstić information content (AvgIpc) is 3.00. The second kappa shape index (κ2) is 5.74. The van der Waals surface area contributed by atoms with Gasteiger partial charge in [-0.2, -0.15) is 0 Å². The fraction of sp³-hybridized carbons (Fsp3) is 0.727. The van der Waals surface area contributed by atoms with Crippen molar-refractivity contribution in [2.75, 3.05) is 20.1 Å². The molecule has 1 atom stereocenters. The summed E-state index contributed by atoms with van der Waals surface area (Å²) in [6, 6.07) is 0.155. The Labute approximate surface area is 91.2 Å². The molecule has 1 rings (SSSR count). The number of hydrogen-bond donors (Lipinski definition) is 2. The summed E-state index contributed by atoms with van der Waals surface area (Å²) in [6.45, 7) is 1.52. The summed E-state index contributed by atoms with van der Waals surface area (Å²) in [5.74, 6) is 2.22. The summed E-state index contributed by atoms with van der Waals surface area (Å²) in [5, 5.41) is 2.78. The highest BCUT2D eigenvalue weighted by Crippen LogP contribution is 2.24. The van der Waals surface area contributed by atoms with E-state index in [1.807, 2.05) is 0 Å². The summed E-state index contributed by atoms with van der Waals surface area (Å²) in [4.78, 5) is 13.6. The van der Waals surface area contributed by atoms with Crippen molar-refractivity contribution in [3.8, 4) is 12.3 Å². The number of carbonyl (C=O) groups excluding carboxylic acids is 1. The summed E-state index contributed by atoms with van der Waals surface area (Å²) < 4.78 is 0. The van der Waals surface area contributed by atoms with E-state index >= 15 is 0 Å². The van der Waals surface area contributed by atoms with Gasteiger partial charge in [0.05, 0.1) is 6.04 Å². The molecule has 1 aliphatic carbocycles. The summed E-state index contributed by atoms with van der Waals surface area (Å²) in [5.41, 5.74) is 5.55. The third-order valence-electron chi connectivity index (χ3n) is 2.61. The van der Waals surface area contributed by atoms with Crippen molar-refractivity contribution in [2.24, 2.45) is 5.73 Å². The Morgan fingerprint density at radius 1 is 1.73 bits per heavy atom. The molecule has 3 N–H and O–H groups in total. The number of nitrogens with one attached hydrogen (secondary N) is 1. The molecule has 1 amide bonds. The van der Waals surface area contributed by atoms with Crippen LogP contribution in [-0.2, 0) is 4.79 Å². The van der Waals surface area contributed by atoms with Crippen LogP contribution in [0, 0.1) is 12.3 Å². The molecule has 0 spiro atoms. The van der Waals surface area contributed by atoms with E-state index in [0.29, 0.717) is 13.0 Å². The first-order valence-electron chi connectivity index (χ1n) is 5.32. The molecular formula is C11H19N3O. The first-order valence-corrected chi connectivity index (χ1v) is 5.32. The molecule has 4 heteroatoms. The lowest BCUT2D eigenvalue weighted by Crippen LogP contribution is -2.43. The molecule has 0 aromatic rings. The standard InChI is InChI=1S/C11H19N3O/c1-3-4-10(12)11(15)13-7-8-14(2)9-5-6-9/h1,9-10H,4-8,12H2,2H3,(H,13,15). The number of carbonyl (C=O) groups is 1. The SMILES string of the molecule is C#CCC(N)C(=O)NCCN(C)C1CC1. The van der Waals surface area contributed by atoms with Gasteiger partial charge in [0.2, 0.25) is 5.91 Å². The minimum absolute atomic E-state index is 0.155. The van der Waals surface area contributed by atoms with Crippen LogP contribution in [0.25, 0.3) is 0 Å². The van der Waals surface area contributed by atoms with E-state index in [0.717, 1.165) is 12.6 Å². The van der Waals surface area contributed by atoms with Crippen LogP contribution >= 0.6 is 0 Å². The van der Waals surface area contributed by atoms with Crippen LogP contribution in [0.4, 0.5) is 0 Å². The van der Waals surface area contributed by atoms with Gasteiger partial charge in [0.1, 0.15) is 0 Å². The highest BCUT2D eigenvalue weighted by molar-refractivity contribution is 5.81. The highest BCUT2D eigenvalue weighted by Gasteiger charge is 2.25. The van der Waals surface area contributed by atoms with Gasteiger partial charge in [0, 0.05) is 25.6 Å². The fourth-order valence-corrected chi connectivity index (χ4v) is 1.40. The summed E-state index contributed by atoms with van der Waals surface area (Å²) >= 11 is 0. The number of nitrogens with zero attached hydrogens (tertiary/aromatic N) is 1. The van der Waals surface area contributed by atoms with Crippen LogP contribution in [0.1, 0.15) is 19.3 Å². The molecule has 0 bridgehead atoms. The first-order chi connectivity index (χ1) is 7.15. The number of amides is 1. The Kier molecular flexibility index (Phi) is 4.60. The van der Waals surface area contributed by atoms with E-state index in [4.69, 9.17) is 12.2 Å². The van der Waals surface area contributed by atoms with Gasteiger partial charge < -0.3 is 16.0 Å². The second-order valence-corrected chi connectivity index (χ2v) is 4.02. The number of rotatable bonds is 6. The van der Waals surface area contributed by atoms with Gasteiger partial charge >= 0.3 is 0 Å². The molecule has 0 radical (unpaired) electrons. The van der Waals surface area contributed by atoms with Crippen LogP contribution in [-0.4, -0.2) is 43.0 Å². The maximum Gasteiger partial charge on any atom is 0.237 e. The predicted molar refractivity (Wildman–Crippen MR) is 60.1 cm³/mol. The van der Waals surface area contributed by atoms with Gasteiger partial charge in [-0.15, -0.1) is 12.3 Å². The van der Waals surface area contributed by atoms with Crippen molar-refractivity contribution in [3.05, 3.63) is 0 Å². The second-order valence-electron chi connectivity index (χ2n) is 4.02. The Morgan fingerprint density at radius 2 is 2.40 bits per heavy atom. The van der Waals surface area contributed by atoms with Crippen molar-refractivity contribution in [1.82, 2.24) is 10.2 Å². The molecule has 1 saturated carbocycles. The molecule has 4 nitrogen and oxygen atoms in total. The maximum absolute atomic E-state index is 11.3. The van der Waals surface area contributed by atoms with E-state index in [1.165, 1.54) is 12.8 Å². The van der Waals surface area contributed by atoms with Gasteiger partial charge in [-0.3, -0.25) is 4.79 Å². The molecule has 1 fully saturated rings. The van der Waals surface area contributed by atoms with Crippen molar-refractivity contribution in [2.45, 2.75) is 31.3 Å². The van der Waals surface area contributed by atoms with Crippen LogP contribution in [0.3, 0.4) is 0 Å². The number of terminal acetylenes is 1. The van der Waals surface area contributed by atoms with E-state index in [1.54, 1.807) is 0 Å². The van der Waals surface area contributed by atoms with Crippen LogP contribution in [0.2, 0.25) is 0 Å². The Morgan fingerprint density at radius 3 is 2.93 bits per heavy atom. The monoisotopic (exact) mass is 209 g/mol. The number of likely N-dealkylation sites (N-methyl/N-ethyl adjacent to an activating group) is 1. The normalized spacial score (nSPS) is 17.2. The summed E-state index contributed by atoms with van der Waals surface area (Å²) in [6.07, 6.45) is 7.93. The van der Waals surface area contributed by atoms with Gasteiger partial charge in [0.15, 0.2) is 0 Å². The van der Waals surface area contributed by atoms with Crippen LogP contribution < -0.4 is 11.1 Å². The van der Waals surface area contributed by atoms with E-state index in [2.05, 4.69) is 23.2 Å². The zero-order chi connectivity index (χ0) is 11.3. The lowest BCUT2D eigenvalue weighted by Gasteiger charge is -2.16. The topological polar surface area (TPSA) is 58.4 Å². The van der Waals surface area contributed by atoms with Crippen molar-refractivity contribution < 1.29 is 4.79 Å². The summed E-state index contributed by atoms with van der Waals surface area (Å²) in [7, 11) is 2.07. The van der Waals surface area contributed by atoms with Gasteiger partial charge in [0.25, 0.3) is 0 Å². The lowest BCUT2D eigenvalue weighted by atomic mass is 10.2. The van der Waals surface area contributed by atoms with E-state index < -0.39 is 6.04 Å². The molecule has 1 unspecified atom stereocenters. The molecule has 0 aliphatic heterocycles. The molecule has 15 heavy (non-hydrogen) atoms. The molecule has 0 aromatic heterocycles. The largest absolute Gasteiger partial charge is 0.353 e. The Bertz CT molecular complexity index is 255. The maximum atomic E-state index is 11.3. The van der Waals surface area contributed by atoms with Crippen LogP contribution in [0.15, 0.2) is 0 Å². The van der Waals surface area contributed by atoms with Crippen molar-refractivity contribution >= 4 is 5.91 Å². The Hall–Kier alpha value is -1.05. The molecule has 0 saturated heterocycles. The lowest BCUT2D eigenvalue weighted by molar-refractivity contribution is -0.122. The van der Waals surface area contributed by atoms with Gasteiger partial charge in [-0.25, -0.2) is 0 Å².